The summed E-state index contributed by atoms with van der Waals surface area (Å²) in [6.07, 6.45) is 9.33. The van der Waals surface area contributed by atoms with Crippen LogP contribution in [0.25, 0.3) is 6.08 Å². The van der Waals surface area contributed by atoms with Crippen LogP contribution in [0.5, 0.6) is 0 Å². The van der Waals surface area contributed by atoms with Crippen LogP contribution in [0.4, 0.5) is 5.69 Å². The van der Waals surface area contributed by atoms with Crippen molar-refractivity contribution >= 4 is 46.7 Å². The molecule has 12 heteroatoms. The molecule has 0 unspecified atom stereocenters. The van der Waals surface area contributed by atoms with Gasteiger partial charge >= 0.3 is 0 Å². The number of hydrogen-bond acceptors (Lipinski definition) is 9. The molecule has 41 heavy (non-hydrogen) atoms. The van der Waals surface area contributed by atoms with Gasteiger partial charge in [-0.1, -0.05) is 13.8 Å². The smallest absolute Gasteiger partial charge is 0.265 e. The van der Waals surface area contributed by atoms with E-state index in [0.29, 0.717) is 54.7 Å². The highest BCUT2D eigenvalue weighted by atomic mass is 32.1. The minimum Gasteiger partial charge on any atom is -0.387 e. The number of dihydropyridines is 1. The number of nitrogens with one attached hydrogen (secondary N) is 3. The van der Waals surface area contributed by atoms with Gasteiger partial charge in [0.15, 0.2) is 0 Å². The molecule has 1 aromatic rings. The summed E-state index contributed by atoms with van der Waals surface area (Å²) >= 11 is 1.30. The zero-order valence-corrected chi connectivity index (χ0v) is 24.8. The van der Waals surface area contributed by atoms with E-state index in [2.05, 4.69) is 39.7 Å². The Morgan fingerprint density at radius 2 is 1.90 bits per heavy atom. The van der Waals surface area contributed by atoms with Crippen molar-refractivity contribution in [1.82, 2.24) is 25.8 Å². The van der Waals surface area contributed by atoms with Gasteiger partial charge in [0, 0.05) is 62.9 Å². The Morgan fingerprint density at radius 3 is 2.54 bits per heavy atom. The van der Waals surface area contributed by atoms with Crippen LogP contribution in [0, 0.1) is 5.92 Å². The molecule has 11 nitrogen and oxygen atoms in total. The van der Waals surface area contributed by atoms with Gasteiger partial charge in [-0.15, -0.1) is 11.3 Å². The van der Waals surface area contributed by atoms with Gasteiger partial charge in [0.1, 0.15) is 11.7 Å². The molecule has 4 rings (SSSR count). The maximum atomic E-state index is 13.2. The topological polar surface area (TPSA) is 158 Å². The average molecular weight is 583 g/mol. The predicted octanol–water partition coefficient (Wildman–Crippen LogP) is 2.02. The standard InChI is InChI=1S/C29H42N8O3S/c1-3-11-37(12-4-2)29(40)20-15-23-22(35-25(31)16-20)17-24(41-23)28(39)34-21-5-6-26(33-18-21)36-13-7-19(8-14-36)27(38)32-10-9-30/h5-6,15,17,19,33H,3-4,7-14,16,18,30H2,1-2H3,(H2,31,35)(H,32,38)(H,34,39). The van der Waals surface area contributed by atoms with Crippen molar-refractivity contribution in [3.05, 3.63) is 45.1 Å². The monoisotopic (exact) mass is 582 g/mol. The highest BCUT2D eigenvalue weighted by Crippen LogP contribution is 2.35. The Kier molecular flexibility index (Phi) is 10.6. The summed E-state index contributed by atoms with van der Waals surface area (Å²) in [5.41, 5.74) is 13.6. The lowest BCUT2D eigenvalue weighted by Crippen LogP contribution is -2.44. The molecule has 0 atom stereocenters. The first-order valence-electron chi connectivity index (χ1n) is 14.5. The molecule has 0 saturated carbocycles. The number of hydrogen-bond donors (Lipinski definition) is 5. The normalized spacial score (nSPS) is 17.2. The summed E-state index contributed by atoms with van der Waals surface area (Å²) in [6, 6.07) is 1.73. The number of nitrogens with zero attached hydrogens (tertiary/aromatic N) is 3. The number of likely N-dealkylation sites (tertiary alicyclic amines) is 1. The van der Waals surface area contributed by atoms with Crippen LogP contribution in [0.3, 0.4) is 0 Å². The summed E-state index contributed by atoms with van der Waals surface area (Å²) in [7, 11) is 0. The molecule has 4 heterocycles. The van der Waals surface area contributed by atoms with Crippen LogP contribution in [0.1, 0.15) is 60.5 Å². The van der Waals surface area contributed by atoms with Crippen LogP contribution >= 0.6 is 11.3 Å². The molecule has 0 bridgehead atoms. The molecule has 0 radical (unpaired) electrons. The quantitative estimate of drug-likeness (QED) is 0.267. The van der Waals surface area contributed by atoms with Gasteiger partial charge in [-0.2, -0.15) is 0 Å². The first-order valence-corrected chi connectivity index (χ1v) is 15.3. The van der Waals surface area contributed by atoms with Gasteiger partial charge in [-0.3, -0.25) is 14.4 Å². The number of allylic oxidation sites excluding steroid dienone is 2. The Hall–Kier alpha value is -3.64. The lowest BCUT2D eigenvalue weighted by molar-refractivity contribution is -0.127. The van der Waals surface area contributed by atoms with Crippen LogP contribution in [0.2, 0.25) is 0 Å². The van der Waals surface area contributed by atoms with Gasteiger partial charge in [0.25, 0.3) is 5.91 Å². The van der Waals surface area contributed by atoms with E-state index in [1.807, 2.05) is 23.1 Å². The number of amidine groups is 1. The van der Waals surface area contributed by atoms with Crippen LogP contribution < -0.4 is 27.4 Å². The van der Waals surface area contributed by atoms with Crippen molar-refractivity contribution < 1.29 is 14.4 Å². The molecule has 3 amide bonds. The van der Waals surface area contributed by atoms with E-state index in [1.54, 1.807) is 6.07 Å². The summed E-state index contributed by atoms with van der Waals surface area (Å²) in [4.78, 5) is 48.4. The van der Waals surface area contributed by atoms with Gasteiger partial charge in [-0.05, 0) is 50.0 Å². The molecule has 0 spiro atoms. The van der Waals surface area contributed by atoms with E-state index in [4.69, 9.17) is 11.5 Å². The van der Waals surface area contributed by atoms with E-state index in [0.717, 1.165) is 55.2 Å². The van der Waals surface area contributed by atoms with Crippen molar-refractivity contribution in [2.45, 2.75) is 46.0 Å². The fourth-order valence-electron chi connectivity index (χ4n) is 5.21. The SMILES string of the molecule is CCCN(CCC)C(=O)C1=Cc2sc(C(=O)NC3=CC=C(N4CCC(C(=O)NCCN)CC4)NC3)cc2N=C(N)C1. The third-order valence-electron chi connectivity index (χ3n) is 7.28. The van der Waals surface area contributed by atoms with Crippen molar-refractivity contribution in [2.75, 3.05) is 45.8 Å². The number of fused-ring (bicyclic) bond motifs is 1. The number of nitrogens with two attached hydrogens (primary N) is 2. The van der Waals surface area contributed by atoms with Crippen LogP contribution in [0.15, 0.2) is 40.3 Å². The molecule has 3 aliphatic heterocycles. The second-order valence-electron chi connectivity index (χ2n) is 10.5. The Morgan fingerprint density at radius 1 is 1.17 bits per heavy atom. The van der Waals surface area contributed by atoms with Crippen LogP contribution in [-0.2, 0) is 9.59 Å². The Balaban J connectivity index is 1.38. The first-order chi connectivity index (χ1) is 19.8. The first kappa shape index (κ1) is 30.3. The van der Waals surface area contributed by atoms with Crippen molar-refractivity contribution in [2.24, 2.45) is 22.4 Å². The van der Waals surface area contributed by atoms with E-state index in [1.165, 1.54) is 11.3 Å². The second-order valence-corrected chi connectivity index (χ2v) is 11.6. The van der Waals surface area contributed by atoms with Gasteiger partial charge < -0.3 is 37.2 Å². The zero-order valence-electron chi connectivity index (χ0n) is 24.0. The van der Waals surface area contributed by atoms with Gasteiger partial charge in [-0.25, -0.2) is 4.99 Å². The highest BCUT2D eigenvalue weighted by Gasteiger charge is 2.27. The summed E-state index contributed by atoms with van der Waals surface area (Å²) < 4.78 is 0. The fraction of sp³-hybridized carbons (Fsp3) is 0.517. The number of thiophene rings is 1. The number of aliphatic imine (C=N–C) groups is 1. The Labute approximate surface area is 245 Å². The summed E-state index contributed by atoms with van der Waals surface area (Å²) in [6.45, 7) is 8.49. The molecule has 1 aromatic heterocycles. The molecule has 0 aliphatic carbocycles. The Bertz CT molecular complexity index is 1250. The number of carbonyl (C=O) groups is 3. The third-order valence-corrected chi connectivity index (χ3v) is 8.35. The molecule has 222 valence electrons. The van der Waals surface area contributed by atoms with E-state index >= 15 is 0 Å². The maximum absolute atomic E-state index is 13.2. The fourth-order valence-corrected chi connectivity index (χ4v) is 6.17. The average Bonchev–Trinajstić information content (AvgIpc) is 3.30. The largest absolute Gasteiger partial charge is 0.387 e. The van der Waals surface area contributed by atoms with E-state index in [9.17, 15) is 14.4 Å². The minimum absolute atomic E-state index is 0.0173. The number of carbonyl (C=O) groups excluding carboxylic acids is 3. The predicted molar refractivity (Wildman–Crippen MR) is 163 cm³/mol. The van der Waals surface area contributed by atoms with Crippen molar-refractivity contribution in [3.63, 3.8) is 0 Å². The number of rotatable bonds is 11. The summed E-state index contributed by atoms with van der Waals surface area (Å²) in [5, 5.41) is 9.26. The zero-order chi connectivity index (χ0) is 29.4. The lowest BCUT2D eigenvalue weighted by Gasteiger charge is -2.35. The molecule has 7 N–H and O–H groups in total. The molecular weight excluding hydrogens is 540 g/mol. The summed E-state index contributed by atoms with van der Waals surface area (Å²) in [5.74, 6) is 1.18. The van der Waals surface area contributed by atoms with Gasteiger partial charge in [0.2, 0.25) is 11.8 Å². The number of piperidine rings is 1. The van der Waals surface area contributed by atoms with Crippen molar-refractivity contribution in [1.29, 1.82) is 0 Å². The van der Waals surface area contributed by atoms with Crippen LogP contribution in [-0.4, -0.2) is 79.2 Å². The number of amides is 3. The third kappa shape index (κ3) is 7.76. The molecule has 1 fully saturated rings. The molecule has 0 aromatic carbocycles. The lowest BCUT2D eigenvalue weighted by atomic mass is 9.96. The maximum Gasteiger partial charge on any atom is 0.265 e. The molecule has 3 aliphatic rings. The van der Waals surface area contributed by atoms with E-state index < -0.39 is 0 Å². The molecule has 1 saturated heterocycles. The highest BCUT2D eigenvalue weighted by molar-refractivity contribution is 7.15. The van der Waals surface area contributed by atoms with Crippen molar-refractivity contribution in [3.8, 4) is 0 Å². The molecular formula is C29H42N8O3S. The second kappa shape index (κ2) is 14.3. The van der Waals surface area contributed by atoms with Gasteiger partial charge in [0.05, 0.1) is 22.0 Å². The van der Waals surface area contributed by atoms with E-state index in [-0.39, 0.29) is 30.1 Å². The minimum atomic E-state index is -0.231.